The molecule has 0 aromatic heterocycles. The number of phenolic OH excluding ortho intramolecular Hbond substituents is 1. The van der Waals surface area contributed by atoms with Crippen LogP contribution in [0.1, 0.15) is 11.1 Å². The summed E-state index contributed by atoms with van der Waals surface area (Å²) in [6, 6.07) is 17.2. The Morgan fingerprint density at radius 3 is 1.33 bits per heavy atom. The topological polar surface area (TPSA) is 20.2 Å². The maximum Gasteiger partial charge on any atom is 0.115 e. The number of hydrogen-bond acceptors (Lipinski definition) is 1. The van der Waals surface area contributed by atoms with Crippen LogP contribution in [0.3, 0.4) is 0 Å². The Morgan fingerprint density at radius 2 is 1.07 bits per heavy atom. The highest BCUT2D eigenvalue weighted by Crippen LogP contribution is 2.02. The Hall–Kier alpha value is -1.76. The van der Waals surface area contributed by atoms with E-state index in [0.717, 1.165) is 0 Å². The van der Waals surface area contributed by atoms with Crippen LogP contribution in [0.15, 0.2) is 54.6 Å². The predicted octanol–water partition coefficient (Wildman–Crippen LogP) is 3.70. The van der Waals surface area contributed by atoms with E-state index in [1.54, 1.807) is 24.3 Å². The van der Waals surface area contributed by atoms with Crippen LogP contribution in [0, 0.1) is 13.8 Å². The van der Waals surface area contributed by atoms with Crippen LogP contribution in [-0.4, -0.2) is 5.11 Å². The van der Waals surface area contributed by atoms with Gasteiger partial charge in [-0.05, 0) is 26.0 Å². The molecule has 0 radical (unpaired) electrons. The summed E-state index contributed by atoms with van der Waals surface area (Å²) in [5.74, 6) is 0.322. The minimum atomic E-state index is 0.322. The normalized spacial score (nSPS) is 8.93. The molecule has 0 heterocycles. The lowest BCUT2D eigenvalue weighted by Crippen LogP contribution is -1.70. The van der Waals surface area contributed by atoms with Crippen molar-refractivity contribution in [2.45, 2.75) is 13.8 Å². The summed E-state index contributed by atoms with van der Waals surface area (Å²) in [6.07, 6.45) is 0. The maximum atomic E-state index is 8.63. The zero-order valence-corrected chi connectivity index (χ0v) is 9.14. The molecule has 78 valence electrons. The molecule has 0 aliphatic rings. The number of phenols is 1. The number of aryl methyl sites for hydroxylation is 2. The minimum absolute atomic E-state index is 0.322. The maximum absolute atomic E-state index is 8.63. The third kappa shape index (κ3) is 4.87. The van der Waals surface area contributed by atoms with Crippen molar-refractivity contribution in [1.29, 1.82) is 0 Å². The summed E-state index contributed by atoms with van der Waals surface area (Å²) in [4.78, 5) is 0. The van der Waals surface area contributed by atoms with E-state index >= 15 is 0 Å². The summed E-state index contributed by atoms with van der Waals surface area (Å²) in [5, 5.41) is 8.63. The minimum Gasteiger partial charge on any atom is -0.508 e. The molecule has 0 amide bonds. The lowest BCUT2D eigenvalue weighted by molar-refractivity contribution is 0.475. The Balaban J connectivity index is 0.000000151. The second kappa shape index (κ2) is 5.86. The highest BCUT2D eigenvalue weighted by Gasteiger charge is 1.79. The average Bonchev–Trinajstić information content (AvgIpc) is 2.25. The van der Waals surface area contributed by atoms with Gasteiger partial charge in [-0.1, -0.05) is 53.6 Å². The first-order chi connectivity index (χ1) is 7.18. The Bertz CT molecular complexity index is 355. The molecule has 1 heteroatoms. The van der Waals surface area contributed by atoms with Crippen molar-refractivity contribution in [1.82, 2.24) is 0 Å². The molecule has 0 atom stereocenters. The van der Waals surface area contributed by atoms with E-state index in [4.69, 9.17) is 5.11 Å². The molecule has 0 saturated heterocycles. The molecule has 0 aliphatic heterocycles. The quantitative estimate of drug-likeness (QED) is 0.687. The van der Waals surface area contributed by atoms with Crippen molar-refractivity contribution >= 4 is 0 Å². The number of hydrogen-bond donors (Lipinski definition) is 1. The second-order valence-electron chi connectivity index (χ2n) is 3.49. The predicted molar refractivity (Wildman–Crippen MR) is 64.0 cm³/mol. The number of rotatable bonds is 0. The molecule has 2 aromatic rings. The summed E-state index contributed by atoms with van der Waals surface area (Å²) < 4.78 is 0. The number of benzene rings is 2. The summed E-state index contributed by atoms with van der Waals surface area (Å²) in [7, 11) is 0. The van der Waals surface area contributed by atoms with Gasteiger partial charge in [0.2, 0.25) is 0 Å². The monoisotopic (exact) mass is 200 g/mol. The molecule has 1 N–H and O–H groups in total. The summed E-state index contributed by atoms with van der Waals surface area (Å²) in [6.45, 7) is 4.19. The van der Waals surface area contributed by atoms with E-state index in [1.165, 1.54) is 11.1 Å². The van der Waals surface area contributed by atoms with Crippen LogP contribution in [0.25, 0.3) is 0 Å². The van der Waals surface area contributed by atoms with Gasteiger partial charge in [-0.15, -0.1) is 0 Å². The van der Waals surface area contributed by atoms with E-state index in [0.29, 0.717) is 5.75 Å². The third-order valence-corrected chi connectivity index (χ3v) is 1.97. The van der Waals surface area contributed by atoms with Crippen LogP contribution in [-0.2, 0) is 0 Å². The average molecular weight is 200 g/mol. The van der Waals surface area contributed by atoms with Crippen molar-refractivity contribution in [3.05, 3.63) is 65.7 Å². The van der Waals surface area contributed by atoms with Gasteiger partial charge in [0.1, 0.15) is 5.75 Å². The molecule has 0 bridgehead atoms. The molecule has 15 heavy (non-hydrogen) atoms. The first kappa shape index (κ1) is 11.3. The first-order valence-electron chi connectivity index (χ1n) is 4.96. The van der Waals surface area contributed by atoms with Gasteiger partial charge < -0.3 is 5.11 Å². The van der Waals surface area contributed by atoms with E-state index in [1.807, 2.05) is 6.07 Å². The summed E-state index contributed by atoms with van der Waals surface area (Å²) in [5.41, 5.74) is 2.66. The van der Waals surface area contributed by atoms with Crippen LogP contribution in [0.4, 0.5) is 0 Å². The van der Waals surface area contributed by atoms with Crippen LogP contribution < -0.4 is 0 Å². The Kier molecular flexibility index (Phi) is 4.42. The fourth-order valence-electron chi connectivity index (χ4n) is 1.06. The first-order valence-corrected chi connectivity index (χ1v) is 4.96. The highest BCUT2D eigenvalue weighted by atomic mass is 16.3. The van der Waals surface area contributed by atoms with E-state index in [2.05, 4.69) is 38.1 Å². The van der Waals surface area contributed by atoms with Gasteiger partial charge >= 0.3 is 0 Å². The van der Waals surface area contributed by atoms with Crippen LogP contribution >= 0.6 is 0 Å². The second-order valence-corrected chi connectivity index (χ2v) is 3.49. The van der Waals surface area contributed by atoms with Gasteiger partial charge in [-0.3, -0.25) is 0 Å². The Labute approximate surface area is 91.0 Å². The molecular weight excluding hydrogens is 184 g/mol. The van der Waals surface area contributed by atoms with Crippen molar-refractivity contribution in [2.24, 2.45) is 0 Å². The van der Waals surface area contributed by atoms with Gasteiger partial charge in [0, 0.05) is 0 Å². The molecule has 0 fully saturated rings. The van der Waals surface area contributed by atoms with Crippen molar-refractivity contribution in [3.63, 3.8) is 0 Å². The molecule has 0 unspecified atom stereocenters. The van der Waals surface area contributed by atoms with Crippen molar-refractivity contribution in [3.8, 4) is 5.75 Å². The zero-order chi connectivity index (χ0) is 11.1. The largest absolute Gasteiger partial charge is 0.508 e. The molecule has 0 aliphatic carbocycles. The Morgan fingerprint density at radius 1 is 0.667 bits per heavy atom. The van der Waals surface area contributed by atoms with Gasteiger partial charge in [0.15, 0.2) is 0 Å². The van der Waals surface area contributed by atoms with Gasteiger partial charge in [0.05, 0.1) is 0 Å². The fraction of sp³-hybridized carbons (Fsp3) is 0.143. The highest BCUT2D eigenvalue weighted by molar-refractivity contribution is 5.19. The van der Waals surface area contributed by atoms with Crippen LogP contribution in [0.2, 0.25) is 0 Å². The van der Waals surface area contributed by atoms with Gasteiger partial charge in [-0.25, -0.2) is 0 Å². The van der Waals surface area contributed by atoms with Crippen molar-refractivity contribution in [2.75, 3.05) is 0 Å². The smallest absolute Gasteiger partial charge is 0.115 e. The summed E-state index contributed by atoms with van der Waals surface area (Å²) >= 11 is 0. The SMILES string of the molecule is Cc1ccc(C)cc1.Oc1ccccc1. The zero-order valence-electron chi connectivity index (χ0n) is 9.14. The number of aromatic hydroxyl groups is 1. The molecule has 0 spiro atoms. The number of para-hydroxylation sites is 1. The standard InChI is InChI=1S/C8H10.C6H6O/c1-7-3-5-8(2)6-4-7;7-6-4-2-1-3-5-6/h3-6H,1-2H3;1-5,7H. The van der Waals surface area contributed by atoms with E-state index < -0.39 is 0 Å². The van der Waals surface area contributed by atoms with Crippen molar-refractivity contribution < 1.29 is 5.11 Å². The lowest BCUT2D eigenvalue weighted by Gasteiger charge is -1.90. The third-order valence-electron chi connectivity index (χ3n) is 1.97. The molecule has 0 saturated carbocycles. The fourth-order valence-corrected chi connectivity index (χ4v) is 1.06. The van der Waals surface area contributed by atoms with Gasteiger partial charge in [0.25, 0.3) is 0 Å². The molecule has 2 rings (SSSR count). The molecule has 1 nitrogen and oxygen atoms in total. The lowest BCUT2D eigenvalue weighted by atomic mass is 10.2. The van der Waals surface area contributed by atoms with E-state index in [-0.39, 0.29) is 0 Å². The van der Waals surface area contributed by atoms with Gasteiger partial charge in [-0.2, -0.15) is 0 Å². The van der Waals surface area contributed by atoms with Crippen LogP contribution in [0.5, 0.6) is 5.75 Å². The molecule has 2 aromatic carbocycles. The van der Waals surface area contributed by atoms with E-state index in [9.17, 15) is 0 Å². The molecular formula is C14H16O.